The van der Waals surface area contributed by atoms with Gasteiger partial charge in [-0.1, -0.05) is 13.8 Å². The molecule has 88 valence electrons. The van der Waals surface area contributed by atoms with Gasteiger partial charge in [0, 0.05) is 31.6 Å². The highest BCUT2D eigenvalue weighted by Crippen LogP contribution is 2.35. The van der Waals surface area contributed by atoms with Crippen molar-refractivity contribution in [1.82, 2.24) is 14.9 Å². The average molecular weight is 219 g/mol. The first-order valence-corrected chi connectivity index (χ1v) is 6.45. The van der Waals surface area contributed by atoms with Crippen LogP contribution in [0.5, 0.6) is 0 Å². The third-order valence-electron chi connectivity index (χ3n) is 3.94. The topological polar surface area (TPSA) is 29.9 Å². The third kappa shape index (κ3) is 1.49. The van der Waals surface area contributed by atoms with Gasteiger partial charge in [-0.05, 0) is 18.8 Å². The Hall–Kier alpha value is -0.830. The minimum Gasteiger partial charge on any atom is -0.335 e. The van der Waals surface area contributed by atoms with Gasteiger partial charge in [0.15, 0.2) is 0 Å². The van der Waals surface area contributed by atoms with Crippen LogP contribution in [0.15, 0.2) is 0 Å². The summed E-state index contributed by atoms with van der Waals surface area (Å²) in [5.41, 5.74) is 2.83. The van der Waals surface area contributed by atoms with Crippen molar-refractivity contribution in [2.24, 2.45) is 13.0 Å². The lowest BCUT2D eigenvalue weighted by Crippen LogP contribution is -2.32. The normalized spacial score (nSPS) is 27.5. The Morgan fingerprint density at radius 2 is 2.25 bits per heavy atom. The second kappa shape index (κ2) is 3.59. The van der Waals surface area contributed by atoms with Gasteiger partial charge in [-0.25, -0.2) is 4.98 Å². The van der Waals surface area contributed by atoms with Crippen LogP contribution in [-0.2, 0) is 19.9 Å². The number of rotatable bonds is 2. The van der Waals surface area contributed by atoms with E-state index in [1.807, 2.05) is 0 Å². The summed E-state index contributed by atoms with van der Waals surface area (Å²) in [6.07, 6.45) is 4.87. The van der Waals surface area contributed by atoms with Crippen LogP contribution in [-0.4, -0.2) is 15.6 Å². The Morgan fingerprint density at radius 1 is 1.44 bits per heavy atom. The minimum absolute atomic E-state index is 0.542. The van der Waals surface area contributed by atoms with Crippen LogP contribution in [0.1, 0.15) is 49.9 Å². The molecule has 1 saturated heterocycles. The highest BCUT2D eigenvalue weighted by atomic mass is 15.1. The van der Waals surface area contributed by atoms with Crippen molar-refractivity contribution in [2.75, 3.05) is 0 Å². The number of aromatic nitrogens is 2. The molecule has 2 aliphatic heterocycles. The van der Waals surface area contributed by atoms with Crippen molar-refractivity contribution >= 4 is 0 Å². The predicted octanol–water partition coefficient (Wildman–Crippen LogP) is 1.97. The van der Waals surface area contributed by atoms with E-state index in [0.717, 1.165) is 6.42 Å². The average Bonchev–Trinajstić information content (AvgIpc) is 2.74. The minimum atomic E-state index is 0.542. The molecule has 2 atom stereocenters. The second-order valence-corrected chi connectivity index (χ2v) is 5.71. The number of nitrogens with zero attached hydrogens (tertiary/aromatic N) is 2. The molecule has 3 nitrogen and oxygen atoms in total. The van der Waals surface area contributed by atoms with Gasteiger partial charge >= 0.3 is 0 Å². The molecule has 2 aliphatic rings. The van der Waals surface area contributed by atoms with E-state index in [1.54, 1.807) is 0 Å². The van der Waals surface area contributed by atoms with E-state index in [2.05, 4.69) is 30.8 Å². The van der Waals surface area contributed by atoms with Crippen LogP contribution in [0.4, 0.5) is 0 Å². The smallest absolute Gasteiger partial charge is 0.109 e. The van der Waals surface area contributed by atoms with Crippen molar-refractivity contribution in [2.45, 2.75) is 51.6 Å². The largest absolute Gasteiger partial charge is 0.335 e. The monoisotopic (exact) mass is 219 g/mol. The molecule has 1 fully saturated rings. The summed E-state index contributed by atoms with van der Waals surface area (Å²) < 4.78 is 2.35. The van der Waals surface area contributed by atoms with Crippen LogP contribution < -0.4 is 5.32 Å². The maximum absolute atomic E-state index is 4.87. The zero-order valence-electron chi connectivity index (χ0n) is 10.5. The van der Waals surface area contributed by atoms with Crippen LogP contribution in [0.2, 0.25) is 0 Å². The van der Waals surface area contributed by atoms with E-state index in [1.165, 1.54) is 36.5 Å². The van der Waals surface area contributed by atoms with E-state index in [4.69, 9.17) is 4.98 Å². The lowest BCUT2D eigenvalue weighted by molar-refractivity contribution is 0.495. The number of hydrogen-bond donors (Lipinski definition) is 1. The van der Waals surface area contributed by atoms with Crippen LogP contribution >= 0.6 is 0 Å². The molecule has 0 spiro atoms. The summed E-state index contributed by atoms with van der Waals surface area (Å²) in [5.74, 6) is 1.96. The molecule has 16 heavy (non-hydrogen) atoms. The van der Waals surface area contributed by atoms with Crippen molar-refractivity contribution in [3.63, 3.8) is 0 Å². The molecule has 2 bridgehead atoms. The number of nitrogens with one attached hydrogen (secondary N) is 1. The molecule has 3 heteroatoms. The fraction of sp³-hybridized carbons (Fsp3) is 0.769. The van der Waals surface area contributed by atoms with Gasteiger partial charge in [-0.15, -0.1) is 0 Å². The molecule has 0 aromatic carbocycles. The van der Waals surface area contributed by atoms with Crippen molar-refractivity contribution in [3.8, 4) is 0 Å². The predicted molar refractivity (Wildman–Crippen MR) is 64.4 cm³/mol. The lowest BCUT2D eigenvalue weighted by atomic mass is 10.1. The first-order chi connectivity index (χ1) is 7.65. The zero-order chi connectivity index (χ0) is 11.3. The third-order valence-corrected chi connectivity index (χ3v) is 3.94. The van der Waals surface area contributed by atoms with Crippen LogP contribution in [0.3, 0.4) is 0 Å². The van der Waals surface area contributed by atoms with E-state index in [0.29, 0.717) is 18.0 Å². The Morgan fingerprint density at radius 3 is 3.00 bits per heavy atom. The van der Waals surface area contributed by atoms with Gasteiger partial charge in [0.05, 0.1) is 11.7 Å². The van der Waals surface area contributed by atoms with E-state index in [-0.39, 0.29) is 0 Å². The summed E-state index contributed by atoms with van der Waals surface area (Å²) in [6, 6.07) is 1.25. The maximum Gasteiger partial charge on any atom is 0.109 e. The summed E-state index contributed by atoms with van der Waals surface area (Å²) in [6.45, 7) is 4.52. The molecule has 2 unspecified atom stereocenters. The fourth-order valence-electron chi connectivity index (χ4n) is 3.10. The molecule has 0 amide bonds. The maximum atomic E-state index is 4.87. The molecular formula is C13H21N3. The Kier molecular flexibility index (Phi) is 2.32. The molecule has 1 aromatic rings. The summed E-state index contributed by atoms with van der Waals surface area (Å²) in [5, 5.41) is 3.66. The molecule has 0 saturated carbocycles. The first-order valence-electron chi connectivity index (χ1n) is 6.45. The van der Waals surface area contributed by atoms with Gasteiger partial charge in [-0.3, -0.25) is 0 Å². The SMILES string of the molecule is CC(C)Cc1nc2c(n1C)CC1CCC2N1. The lowest BCUT2D eigenvalue weighted by Gasteiger charge is -2.21. The number of hydrogen-bond acceptors (Lipinski definition) is 2. The van der Waals surface area contributed by atoms with Crippen molar-refractivity contribution in [3.05, 3.63) is 17.2 Å². The molecule has 1 aromatic heterocycles. The molecule has 1 N–H and O–H groups in total. The van der Waals surface area contributed by atoms with E-state index < -0.39 is 0 Å². The van der Waals surface area contributed by atoms with Gasteiger partial charge in [-0.2, -0.15) is 0 Å². The number of fused-ring (bicyclic) bond motifs is 4. The van der Waals surface area contributed by atoms with Crippen molar-refractivity contribution in [1.29, 1.82) is 0 Å². The molecule has 3 heterocycles. The summed E-state index contributed by atoms with van der Waals surface area (Å²) in [7, 11) is 2.19. The van der Waals surface area contributed by atoms with Gasteiger partial charge in [0.1, 0.15) is 5.82 Å². The summed E-state index contributed by atoms with van der Waals surface area (Å²) >= 11 is 0. The first kappa shape index (κ1) is 10.3. The molecule has 3 rings (SSSR count). The second-order valence-electron chi connectivity index (χ2n) is 5.71. The quantitative estimate of drug-likeness (QED) is 0.824. The molecule has 0 radical (unpaired) electrons. The van der Waals surface area contributed by atoms with Crippen LogP contribution in [0, 0.1) is 5.92 Å². The Balaban J connectivity index is 1.98. The highest BCUT2D eigenvalue weighted by molar-refractivity contribution is 5.27. The highest BCUT2D eigenvalue weighted by Gasteiger charge is 2.35. The van der Waals surface area contributed by atoms with Crippen molar-refractivity contribution < 1.29 is 0 Å². The Labute approximate surface area is 97.3 Å². The summed E-state index contributed by atoms with van der Waals surface area (Å²) in [4.78, 5) is 4.87. The van der Waals surface area contributed by atoms with E-state index in [9.17, 15) is 0 Å². The van der Waals surface area contributed by atoms with Crippen LogP contribution in [0.25, 0.3) is 0 Å². The molecular weight excluding hydrogens is 198 g/mol. The number of imidazole rings is 1. The fourth-order valence-corrected chi connectivity index (χ4v) is 3.10. The Bertz CT molecular complexity index is 406. The van der Waals surface area contributed by atoms with Gasteiger partial charge in [0.25, 0.3) is 0 Å². The standard InChI is InChI=1S/C13H21N3/c1-8(2)6-12-15-13-10-5-4-9(14-10)7-11(13)16(12)3/h8-10,14H,4-7H2,1-3H3. The van der Waals surface area contributed by atoms with E-state index >= 15 is 0 Å². The van der Waals surface area contributed by atoms with Gasteiger partial charge in [0.2, 0.25) is 0 Å². The molecule has 0 aliphatic carbocycles. The zero-order valence-corrected chi connectivity index (χ0v) is 10.5. The van der Waals surface area contributed by atoms with Gasteiger partial charge < -0.3 is 9.88 Å².